The molecule has 3 rings (SSSR count). The number of aromatic nitrogens is 1. The molecule has 24 heavy (non-hydrogen) atoms. The molecule has 2 aromatic rings. The Hall–Kier alpha value is -2.54. The van der Waals surface area contributed by atoms with Crippen molar-refractivity contribution in [2.45, 2.75) is 19.9 Å². The number of carbonyl (C=O) groups excluding carboxylic acids is 2. The molecule has 1 N–H and O–H groups in total. The number of para-hydroxylation sites is 1. The minimum absolute atomic E-state index is 0.243. The third-order valence-corrected chi connectivity index (χ3v) is 4.69. The van der Waals surface area contributed by atoms with Crippen molar-refractivity contribution in [3.63, 3.8) is 0 Å². The Kier molecular flexibility index (Phi) is 4.19. The van der Waals surface area contributed by atoms with Gasteiger partial charge in [0.25, 0.3) is 11.1 Å². The smallest absolute Gasteiger partial charge is 0.323 e. The maximum atomic E-state index is 12.3. The van der Waals surface area contributed by atoms with Crippen molar-refractivity contribution in [2.75, 3.05) is 6.54 Å². The average Bonchev–Trinajstić information content (AvgIpc) is 3.01. The lowest BCUT2D eigenvalue weighted by molar-refractivity contribution is -0.140. The van der Waals surface area contributed by atoms with E-state index in [1.54, 1.807) is 6.08 Å². The second kappa shape index (κ2) is 6.16. The van der Waals surface area contributed by atoms with E-state index < -0.39 is 23.7 Å². The first kappa shape index (κ1) is 16.3. The zero-order chi connectivity index (χ0) is 17.4. The molecule has 2 heterocycles. The highest BCUT2D eigenvalue weighted by Gasteiger charge is 2.36. The standard InChI is InChI=1S/C17H16N2O4S/c1-10(2)18-8-11(12-5-3-4-6-13(12)18)7-14-16(22)19(9-15(20)21)17(23)24-14/h3-8,10H,9H2,1-2H3,(H,20,21)/b14-7+. The Morgan fingerprint density at radius 3 is 2.67 bits per heavy atom. The summed E-state index contributed by atoms with van der Waals surface area (Å²) in [5, 5.41) is 9.24. The second-order valence-electron chi connectivity index (χ2n) is 5.76. The molecule has 1 aromatic carbocycles. The third-order valence-electron chi connectivity index (χ3n) is 3.78. The fourth-order valence-corrected chi connectivity index (χ4v) is 3.52. The molecular formula is C17H16N2O4S. The lowest BCUT2D eigenvalue weighted by Gasteiger charge is -2.08. The number of carbonyl (C=O) groups is 3. The SMILES string of the molecule is CC(C)n1cc(/C=C2/SC(=O)N(CC(=O)O)C2=O)c2ccccc21. The van der Waals surface area contributed by atoms with Gasteiger partial charge in [0.05, 0.1) is 4.91 Å². The van der Waals surface area contributed by atoms with Gasteiger partial charge in [0.1, 0.15) is 6.54 Å². The Labute approximate surface area is 142 Å². The highest BCUT2D eigenvalue weighted by molar-refractivity contribution is 8.18. The first-order valence-electron chi connectivity index (χ1n) is 7.45. The van der Waals surface area contributed by atoms with Gasteiger partial charge in [0, 0.05) is 28.7 Å². The number of rotatable bonds is 4. The number of nitrogens with zero attached hydrogens (tertiary/aromatic N) is 2. The van der Waals surface area contributed by atoms with Gasteiger partial charge >= 0.3 is 5.97 Å². The highest BCUT2D eigenvalue weighted by Crippen LogP contribution is 2.34. The summed E-state index contributed by atoms with van der Waals surface area (Å²) in [4.78, 5) is 35.9. The maximum absolute atomic E-state index is 12.3. The molecule has 0 saturated carbocycles. The first-order chi connectivity index (χ1) is 11.4. The Morgan fingerprint density at radius 2 is 2.00 bits per heavy atom. The van der Waals surface area contributed by atoms with Crippen LogP contribution in [0.2, 0.25) is 0 Å². The second-order valence-corrected chi connectivity index (χ2v) is 6.76. The van der Waals surface area contributed by atoms with Crippen LogP contribution in [0.5, 0.6) is 0 Å². The topological polar surface area (TPSA) is 79.6 Å². The number of amides is 2. The van der Waals surface area contributed by atoms with Crippen LogP contribution in [0, 0.1) is 0 Å². The lowest BCUT2D eigenvalue weighted by Crippen LogP contribution is -2.33. The summed E-state index contributed by atoms with van der Waals surface area (Å²) in [6, 6.07) is 8.08. The van der Waals surface area contributed by atoms with E-state index in [0.29, 0.717) is 0 Å². The minimum atomic E-state index is -1.21. The average molecular weight is 344 g/mol. The van der Waals surface area contributed by atoms with E-state index in [-0.39, 0.29) is 10.9 Å². The van der Waals surface area contributed by atoms with E-state index in [2.05, 4.69) is 18.4 Å². The van der Waals surface area contributed by atoms with E-state index in [9.17, 15) is 14.4 Å². The van der Waals surface area contributed by atoms with Crippen LogP contribution < -0.4 is 0 Å². The molecule has 124 valence electrons. The fraction of sp³-hybridized carbons (Fsp3) is 0.235. The summed E-state index contributed by atoms with van der Waals surface area (Å²) in [7, 11) is 0. The number of imide groups is 1. The molecule has 0 aliphatic carbocycles. The number of carboxylic acids is 1. The third kappa shape index (κ3) is 2.82. The van der Waals surface area contributed by atoms with Gasteiger partial charge in [-0.05, 0) is 37.8 Å². The van der Waals surface area contributed by atoms with Crippen LogP contribution in [-0.4, -0.2) is 38.2 Å². The van der Waals surface area contributed by atoms with Gasteiger partial charge in [-0.15, -0.1) is 0 Å². The molecule has 0 atom stereocenters. The first-order valence-corrected chi connectivity index (χ1v) is 8.27. The predicted octanol–water partition coefficient (Wildman–Crippen LogP) is 3.34. The highest BCUT2D eigenvalue weighted by atomic mass is 32.2. The molecule has 7 heteroatoms. The molecule has 0 radical (unpaired) electrons. The van der Waals surface area contributed by atoms with Crippen molar-refractivity contribution in [1.82, 2.24) is 9.47 Å². The Balaban J connectivity index is 2.03. The van der Waals surface area contributed by atoms with Crippen LogP contribution in [0.3, 0.4) is 0 Å². The molecular weight excluding hydrogens is 328 g/mol. The molecule has 1 aromatic heterocycles. The summed E-state index contributed by atoms with van der Waals surface area (Å²) in [6.07, 6.45) is 3.61. The molecule has 0 spiro atoms. The number of carboxylic acid groups (broad SMARTS) is 1. The molecule has 1 fully saturated rings. The minimum Gasteiger partial charge on any atom is -0.480 e. The van der Waals surface area contributed by atoms with Crippen LogP contribution in [0.4, 0.5) is 4.79 Å². The van der Waals surface area contributed by atoms with Gasteiger partial charge in [-0.1, -0.05) is 18.2 Å². The maximum Gasteiger partial charge on any atom is 0.323 e. The molecule has 6 nitrogen and oxygen atoms in total. The predicted molar refractivity (Wildman–Crippen MR) is 92.6 cm³/mol. The Morgan fingerprint density at radius 1 is 1.29 bits per heavy atom. The van der Waals surface area contributed by atoms with Crippen LogP contribution in [-0.2, 0) is 9.59 Å². The van der Waals surface area contributed by atoms with Crippen molar-refractivity contribution in [3.8, 4) is 0 Å². The van der Waals surface area contributed by atoms with Gasteiger partial charge in [-0.25, -0.2) is 0 Å². The van der Waals surface area contributed by atoms with E-state index in [1.165, 1.54) is 0 Å². The molecule has 2 amide bonds. The van der Waals surface area contributed by atoms with Crippen LogP contribution in [0.1, 0.15) is 25.5 Å². The molecule has 1 saturated heterocycles. The van der Waals surface area contributed by atoms with Crippen molar-refractivity contribution in [3.05, 3.63) is 40.9 Å². The van der Waals surface area contributed by atoms with Crippen molar-refractivity contribution in [1.29, 1.82) is 0 Å². The van der Waals surface area contributed by atoms with Crippen molar-refractivity contribution in [2.24, 2.45) is 0 Å². The van der Waals surface area contributed by atoms with Gasteiger partial charge in [-0.2, -0.15) is 0 Å². The number of fused-ring (bicyclic) bond motifs is 1. The van der Waals surface area contributed by atoms with E-state index in [0.717, 1.165) is 33.1 Å². The zero-order valence-electron chi connectivity index (χ0n) is 13.2. The van der Waals surface area contributed by atoms with Gasteiger partial charge in [-0.3, -0.25) is 19.3 Å². The fourth-order valence-electron chi connectivity index (χ4n) is 2.69. The van der Waals surface area contributed by atoms with E-state index in [1.807, 2.05) is 30.5 Å². The van der Waals surface area contributed by atoms with Crippen LogP contribution in [0.25, 0.3) is 17.0 Å². The molecule has 1 aliphatic heterocycles. The van der Waals surface area contributed by atoms with Crippen LogP contribution >= 0.6 is 11.8 Å². The van der Waals surface area contributed by atoms with Crippen molar-refractivity contribution < 1.29 is 19.5 Å². The molecule has 0 bridgehead atoms. The number of benzene rings is 1. The number of thioether (sulfide) groups is 1. The molecule has 1 aliphatic rings. The summed E-state index contributed by atoms with van der Waals surface area (Å²) in [5.41, 5.74) is 1.88. The molecule has 0 unspecified atom stereocenters. The summed E-state index contributed by atoms with van der Waals surface area (Å²) in [6.45, 7) is 3.52. The number of hydrogen-bond donors (Lipinski definition) is 1. The lowest BCUT2D eigenvalue weighted by atomic mass is 10.1. The summed E-state index contributed by atoms with van der Waals surface area (Å²) >= 11 is 0.771. The number of hydrogen-bond acceptors (Lipinski definition) is 4. The van der Waals surface area contributed by atoms with Gasteiger partial charge < -0.3 is 9.67 Å². The number of aliphatic carboxylic acids is 1. The summed E-state index contributed by atoms with van der Waals surface area (Å²) in [5.74, 6) is -1.77. The van der Waals surface area contributed by atoms with E-state index in [4.69, 9.17) is 5.11 Å². The van der Waals surface area contributed by atoms with Gasteiger partial charge in [0.2, 0.25) is 0 Å². The Bertz CT molecular complexity index is 882. The zero-order valence-corrected chi connectivity index (χ0v) is 14.0. The largest absolute Gasteiger partial charge is 0.480 e. The quantitative estimate of drug-likeness (QED) is 0.861. The normalized spacial score (nSPS) is 16.8. The van der Waals surface area contributed by atoms with Crippen molar-refractivity contribution >= 4 is 45.9 Å². The van der Waals surface area contributed by atoms with E-state index >= 15 is 0 Å². The monoisotopic (exact) mass is 344 g/mol. The summed E-state index contributed by atoms with van der Waals surface area (Å²) < 4.78 is 2.10. The van der Waals surface area contributed by atoms with Gasteiger partial charge in [0.15, 0.2) is 0 Å². The van der Waals surface area contributed by atoms with Crippen LogP contribution in [0.15, 0.2) is 35.4 Å².